The van der Waals surface area contributed by atoms with E-state index in [2.05, 4.69) is 26.8 Å². The van der Waals surface area contributed by atoms with Gasteiger partial charge in [-0.25, -0.2) is 4.98 Å². The van der Waals surface area contributed by atoms with E-state index < -0.39 is 0 Å². The maximum absolute atomic E-state index is 11.8. The van der Waals surface area contributed by atoms with Crippen LogP contribution in [0.15, 0.2) is 22.3 Å². The molecule has 0 saturated carbocycles. The van der Waals surface area contributed by atoms with Gasteiger partial charge in [0.2, 0.25) is 11.9 Å². The number of nitrogens with zero attached hydrogens (tertiary/aromatic N) is 4. The zero-order valence-corrected chi connectivity index (χ0v) is 16.8. The number of rotatable bonds is 7. The topological polar surface area (TPSA) is 98.6 Å². The highest BCUT2D eigenvalue weighted by Gasteiger charge is 2.26. The van der Waals surface area contributed by atoms with Gasteiger partial charge in [-0.15, -0.1) is 11.3 Å². The van der Waals surface area contributed by atoms with Crippen LogP contribution in [0.3, 0.4) is 0 Å². The van der Waals surface area contributed by atoms with Crippen LogP contribution in [0.4, 0.5) is 5.95 Å². The zero-order valence-electron chi connectivity index (χ0n) is 15.9. The third-order valence-corrected chi connectivity index (χ3v) is 5.73. The minimum Gasteiger partial charge on any atom is -0.366 e. The lowest BCUT2D eigenvalue weighted by Crippen LogP contribution is -2.34. The SMILES string of the molecule is CN(C)c1nc(CN(C)C2CCN(Cc3cc(C(N)=O)cs3)C2)cc(=O)[nH]1. The molecule has 146 valence electrons. The summed E-state index contributed by atoms with van der Waals surface area (Å²) in [4.78, 5) is 37.9. The molecule has 2 aromatic rings. The van der Waals surface area contributed by atoms with Crippen molar-refractivity contribution < 1.29 is 4.79 Å². The molecule has 8 nitrogen and oxygen atoms in total. The van der Waals surface area contributed by atoms with E-state index in [0.29, 0.717) is 24.1 Å². The highest BCUT2D eigenvalue weighted by molar-refractivity contribution is 7.10. The maximum atomic E-state index is 11.8. The number of hydrogen-bond acceptors (Lipinski definition) is 7. The van der Waals surface area contributed by atoms with Crippen molar-refractivity contribution >= 4 is 23.2 Å². The largest absolute Gasteiger partial charge is 0.366 e. The number of nitrogens with one attached hydrogen (secondary N) is 1. The molecule has 3 heterocycles. The highest BCUT2D eigenvalue weighted by Crippen LogP contribution is 2.22. The Balaban J connectivity index is 1.58. The molecule has 0 aliphatic carbocycles. The molecule has 9 heteroatoms. The predicted octanol–water partition coefficient (Wildman–Crippen LogP) is 0.703. The van der Waals surface area contributed by atoms with Gasteiger partial charge < -0.3 is 10.6 Å². The normalized spacial score (nSPS) is 17.6. The first-order valence-electron chi connectivity index (χ1n) is 8.89. The number of anilines is 1. The van der Waals surface area contributed by atoms with Crippen LogP contribution in [-0.4, -0.2) is 65.9 Å². The van der Waals surface area contributed by atoms with Crippen molar-refractivity contribution in [3.8, 4) is 0 Å². The van der Waals surface area contributed by atoms with Gasteiger partial charge >= 0.3 is 0 Å². The van der Waals surface area contributed by atoms with Crippen LogP contribution in [0, 0.1) is 0 Å². The van der Waals surface area contributed by atoms with E-state index in [4.69, 9.17) is 5.73 Å². The molecule has 3 rings (SSSR count). The minimum atomic E-state index is -0.376. The average Bonchev–Trinajstić information content (AvgIpc) is 3.24. The third kappa shape index (κ3) is 4.94. The Kier molecular flexibility index (Phi) is 5.93. The van der Waals surface area contributed by atoms with Crippen molar-refractivity contribution in [2.24, 2.45) is 5.73 Å². The van der Waals surface area contributed by atoms with Crippen molar-refractivity contribution in [2.45, 2.75) is 25.6 Å². The second kappa shape index (κ2) is 8.20. The Morgan fingerprint density at radius 2 is 2.19 bits per heavy atom. The van der Waals surface area contributed by atoms with E-state index in [-0.39, 0.29) is 11.5 Å². The van der Waals surface area contributed by atoms with Gasteiger partial charge in [0, 0.05) is 62.6 Å². The van der Waals surface area contributed by atoms with E-state index in [0.717, 1.165) is 36.6 Å². The lowest BCUT2D eigenvalue weighted by atomic mass is 10.2. The van der Waals surface area contributed by atoms with Crippen molar-refractivity contribution in [1.82, 2.24) is 19.8 Å². The number of carbonyl (C=O) groups is 1. The number of likely N-dealkylation sites (tertiary alicyclic amines) is 1. The highest BCUT2D eigenvalue weighted by atomic mass is 32.1. The van der Waals surface area contributed by atoms with Gasteiger partial charge in [0.15, 0.2) is 0 Å². The molecule has 0 radical (unpaired) electrons. The van der Waals surface area contributed by atoms with Crippen molar-refractivity contribution in [3.05, 3.63) is 44.0 Å². The number of H-pyrrole nitrogens is 1. The van der Waals surface area contributed by atoms with Gasteiger partial charge in [0.25, 0.3) is 5.56 Å². The Hall–Kier alpha value is -2.23. The lowest BCUT2D eigenvalue weighted by Gasteiger charge is -2.24. The molecule has 1 amide bonds. The van der Waals surface area contributed by atoms with E-state index >= 15 is 0 Å². The molecule has 0 spiro atoms. The predicted molar refractivity (Wildman–Crippen MR) is 107 cm³/mol. The van der Waals surface area contributed by atoms with Gasteiger partial charge in [-0.2, -0.15) is 0 Å². The minimum absolute atomic E-state index is 0.131. The molecule has 1 saturated heterocycles. The van der Waals surface area contributed by atoms with Gasteiger partial charge in [0.1, 0.15) is 0 Å². The molecular weight excluding hydrogens is 364 g/mol. The molecule has 27 heavy (non-hydrogen) atoms. The molecule has 0 bridgehead atoms. The summed E-state index contributed by atoms with van der Waals surface area (Å²) in [6.07, 6.45) is 1.06. The van der Waals surface area contributed by atoms with Crippen molar-refractivity contribution in [3.63, 3.8) is 0 Å². The van der Waals surface area contributed by atoms with Crippen LogP contribution in [0.1, 0.15) is 27.3 Å². The van der Waals surface area contributed by atoms with Crippen LogP contribution in [0.2, 0.25) is 0 Å². The number of carbonyl (C=O) groups excluding carboxylic acids is 1. The van der Waals surface area contributed by atoms with E-state index in [1.54, 1.807) is 22.3 Å². The van der Waals surface area contributed by atoms with Crippen molar-refractivity contribution in [2.75, 3.05) is 39.1 Å². The fraction of sp³-hybridized carbons (Fsp3) is 0.500. The fourth-order valence-corrected chi connectivity index (χ4v) is 4.21. The fourth-order valence-electron chi connectivity index (χ4n) is 3.30. The molecule has 1 unspecified atom stereocenters. The quantitative estimate of drug-likeness (QED) is 0.722. The number of likely N-dealkylation sites (N-methyl/N-ethyl adjacent to an activating group) is 1. The molecule has 0 aromatic carbocycles. The van der Waals surface area contributed by atoms with E-state index in [1.165, 1.54) is 0 Å². The summed E-state index contributed by atoms with van der Waals surface area (Å²) in [5.74, 6) is 0.195. The Bertz CT molecular complexity index is 862. The summed E-state index contributed by atoms with van der Waals surface area (Å²) < 4.78 is 0. The molecular formula is C18H26N6O2S. The summed E-state index contributed by atoms with van der Waals surface area (Å²) in [6.45, 7) is 3.42. The van der Waals surface area contributed by atoms with E-state index in [1.807, 2.05) is 25.5 Å². The summed E-state index contributed by atoms with van der Waals surface area (Å²) >= 11 is 1.57. The number of aromatic nitrogens is 2. The maximum Gasteiger partial charge on any atom is 0.252 e. The summed E-state index contributed by atoms with van der Waals surface area (Å²) in [5.41, 5.74) is 6.55. The standard InChI is InChI=1S/C18H26N6O2S/c1-22(2)18-20-13(7-16(25)21-18)8-23(3)14-4-5-24(9-14)10-15-6-12(11-27-15)17(19)26/h6-7,11,14H,4-5,8-10H2,1-3H3,(H2,19,26)(H,20,21,25). The number of hydrogen-bond donors (Lipinski definition) is 2. The number of primary amides is 1. The second-order valence-electron chi connectivity index (χ2n) is 7.21. The van der Waals surface area contributed by atoms with E-state index in [9.17, 15) is 9.59 Å². The molecule has 2 aromatic heterocycles. The average molecular weight is 391 g/mol. The Morgan fingerprint density at radius 3 is 2.85 bits per heavy atom. The number of aromatic amines is 1. The zero-order chi connectivity index (χ0) is 19.6. The second-order valence-corrected chi connectivity index (χ2v) is 8.21. The molecule has 1 atom stereocenters. The molecule has 1 aliphatic heterocycles. The van der Waals surface area contributed by atoms with Crippen LogP contribution >= 0.6 is 11.3 Å². The third-order valence-electron chi connectivity index (χ3n) is 4.81. The van der Waals surface area contributed by atoms with Crippen LogP contribution < -0.4 is 16.2 Å². The molecule has 1 fully saturated rings. The summed E-state index contributed by atoms with van der Waals surface area (Å²) in [6, 6.07) is 3.85. The first kappa shape index (κ1) is 19.5. The first-order valence-corrected chi connectivity index (χ1v) is 9.77. The van der Waals surface area contributed by atoms with Gasteiger partial charge in [-0.3, -0.25) is 24.4 Å². The smallest absolute Gasteiger partial charge is 0.252 e. The number of thiophene rings is 1. The molecule has 1 aliphatic rings. The Morgan fingerprint density at radius 1 is 1.41 bits per heavy atom. The van der Waals surface area contributed by atoms with Gasteiger partial charge in [-0.1, -0.05) is 0 Å². The van der Waals surface area contributed by atoms with Crippen molar-refractivity contribution in [1.29, 1.82) is 0 Å². The molecule has 3 N–H and O–H groups in total. The van der Waals surface area contributed by atoms with Gasteiger partial charge in [-0.05, 0) is 19.5 Å². The summed E-state index contributed by atoms with van der Waals surface area (Å²) in [7, 11) is 5.78. The van der Waals surface area contributed by atoms with Crippen LogP contribution in [0.5, 0.6) is 0 Å². The monoisotopic (exact) mass is 390 g/mol. The first-order chi connectivity index (χ1) is 12.8. The number of nitrogens with two attached hydrogens (primary N) is 1. The number of amides is 1. The Labute approximate surface area is 162 Å². The van der Waals surface area contributed by atoms with Gasteiger partial charge in [0.05, 0.1) is 11.3 Å². The lowest BCUT2D eigenvalue weighted by molar-refractivity contribution is 0.100. The van der Waals surface area contributed by atoms with Crippen LogP contribution in [-0.2, 0) is 13.1 Å². The summed E-state index contributed by atoms with van der Waals surface area (Å²) in [5, 5.41) is 1.82. The van der Waals surface area contributed by atoms with Crippen LogP contribution in [0.25, 0.3) is 0 Å².